The minimum Gasteiger partial charge on any atom is -0.455 e. The molecule has 2 bridgehead atoms. The lowest BCUT2D eigenvalue weighted by Crippen LogP contribution is -2.80. The van der Waals surface area contributed by atoms with E-state index in [0.29, 0.717) is 11.1 Å². The van der Waals surface area contributed by atoms with E-state index in [1.165, 1.54) is 26.0 Å². The summed E-state index contributed by atoms with van der Waals surface area (Å²) < 4.78 is 33.8. The van der Waals surface area contributed by atoms with Crippen molar-refractivity contribution in [3.05, 3.63) is 47.0 Å². The number of alkyl halides is 1. The van der Waals surface area contributed by atoms with Gasteiger partial charge in [0.05, 0.1) is 23.5 Å². The number of fused-ring (bicyclic) bond motifs is 5. The first kappa shape index (κ1) is 26.7. The van der Waals surface area contributed by atoms with Crippen molar-refractivity contribution in [1.29, 1.82) is 0 Å². The lowest BCUT2D eigenvalue weighted by Gasteiger charge is -2.66. The fourth-order valence-corrected chi connectivity index (χ4v) is 7.26. The van der Waals surface area contributed by atoms with E-state index >= 15 is 4.39 Å². The van der Waals surface area contributed by atoms with Crippen LogP contribution in [0.4, 0.5) is 4.39 Å². The molecule has 0 amide bonds. The normalized spacial score (nSPS) is 39.7. The Bertz CT molecular complexity index is 1250. The third kappa shape index (κ3) is 3.40. The molecule has 4 aliphatic rings. The number of carbonyl (C=O) groups is 4. The van der Waals surface area contributed by atoms with Gasteiger partial charge in [-0.1, -0.05) is 32.0 Å². The number of hydrogen-bond acceptors (Lipinski definition) is 8. The van der Waals surface area contributed by atoms with E-state index in [4.69, 9.17) is 14.2 Å². The molecule has 1 aromatic rings. The van der Waals surface area contributed by atoms with E-state index in [0.717, 1.165) is 0 Å². The minimum absolute atomic E-state index is 0.164. The van der Waals surface area contributed by atoms with Crippen molar-refractivity contribution in [2.24, 2.45) is 16.7 Å². The monoisotopic (exact) mass is 528 g/mol. The van der Waals surface area contributed by atoms with Gasteiger partial charge in [-0.2, -0.15) is 0 Å². The fraction of sp³-hybridized carbons (Fsp3) is 0.586. The Hall–Kier alpha value is -2.91. The molecule has 1 aromatic carbocycles. The van der Waals surface area contributed by atoms with Crippen LogP contribution in [0.5, 0.6) is 0 Å². The summed E-state index contributed by atoms with van der Waals surface area (Å²) in [4.78, 5) is 53.2. The third-order valence-electron chi connectivity index (χ3n) is 9.73. The largest absolute Gasteiger partial charge is 0.455 e. The number of allylic oxidation sites excluding steroid dienone is 1. The molecule has 1 saturated heterocycles. The van der Waals surface area contributed by atoms with Crippen molar-refractivity contribution in [2.45, 2.75) is 83.5 Å². The zero-order valence-corrected chi connectivity index (χ0v) is 22.2. The molecule has 204 valence electrons. The summed E-state index contributed by atoms with van der Waals surface area (Å²) >= 11 is 0. The van der Waals surface area contributed by atoms with Crippen molar-refractivity contribution in [3.63, 3.8) is 0 Å². The van der Waals surface area contributed by atoms with E-state index in [2.05, 4.69) is 0 Å². The summed E-state index contributed by atoms with van der Waals surface area (Å²) in [6.45, 7) is 7.47. The molecule has 7 atom stereocenters. The van der Waals surface area contributed by atoms with Crippen LogP contribution >= 0.6 is 0 Å². The Morgan fingerprint density at radius 3 is 2.37 bits per heavy atom. The van der Waals surface area contributed by atoms with E-state index in [-0.39, 0.29) is 25.0 Å². The van der Waals surface area contributed by atoms with Crippen LogP contribution in [0.25, 0.3) is 0 Å². The maximum atomic E-state index is 16.2. The van der Waals surface area contributed by atoms with Crippen molar-refractivity contribution < 1.29 is 42.9 Å². The molecule has 0 unspecified atom stereocenters. The molecule has 1 N–H and O–H groups in total. The number of halogens is 1. The lowest BCUT2D eigenvalue weighted by molar-refractivity contribution is -0.338. The van der Waals surface area contributed by atoms with Crippen LogP contribution in [-0.4, -0.2) is 64.8 Å². The van der Waals surface area contributed by atoms with Crippen LogP contribution in [0.15, 0.2) is 41.5 Å². The number of rotatable bonds is 3. The predicted octanol–water partition coefficient (Wildman–Crippen LogP) is 3.30. The summed E-state index contributed by atoms with van der Waals surface area (Å²) in [5.74, 6) is -3.71. The van der Waals surface area contributed by atoms with Crippen molar-refractivity contribution in [1.82, 2.24) is 0 Å². The second-order valence-corrected chi connectivity index (χ2v) is 11.9. The van der Waals surface area contributed by atoms with Gasteiger partial charge in [0.15, 0.2) is 11.4 Å². The van der Waals surface area contributed by atoms with Gasteiger partial charge in [-0.25, -0.2) is 9.18 Å². The second-order valence-electron chi connectivity index (χ2n) is 11.9. The molecule has 9 heteroatoms. The SMILES string of the molecule is CC(=O)O[C@@]12CO[C@@H]1C[C@@H](F)[C@@]1(C)C(=O)CC3=C(C)C(=O)C[C@@](O)([C@@H](OC(=O)c4ccccc4)[C@H]21)C3(C)C. The van der Waals surface area contributed by atoms with Crippen LogP contribution in [-0.2, 0) is 28.6 Å². The van der Waals surface area contributed by atoms with Crippen LogP contribution in [0, 0.1) is 16.7 Å². The lowest BCUT2D eigenvalue weighted by atomic mass is 9.45. The van der Waals surface area contributed by atoms with Gasteiger partial charge in [0.25, 0.3) is 0 Å². The second kappa shape index (κ2) is 8.55. The molecule has 38 heavy (non-hydrogen) atoms. The minimum atomic E-state index is -2.04. The van der Waals surface area contributed by atoms with Gasteiger partial charge in [0, 0.05) is 31.6 Å². The van der Waals surface area contributed by atoms with E-state index in [9.17, 15) is 24.3 Å². The molecule has 3 fully saturated rings. The van der Waals surface area contributed by atoms with E-state index in [1.54, 1.807) is 39.0 Å². The van der Waals surface area contributed by atoms with Crippen molar-refractivity contribution in [3.8, 4) is 0 Å². The zero-order valence-electron chi connectivity index (χ0n) is 22.2. The van der Waals surface area contributed by atoms with Gasteiger partial charge in [-0.15, -0.1) is 0 Å². The Kier molecular flexibility index (Phi) is 6.00. The van der Waals surface area contributed by atoms with E-state index in [1.807, 2.05) is 0 Å². The highest BCUT2D eigenvalue weighted by atomic mass is 19.1. The molecular weight excluding hydrogens is 495 g/mol. The van der Waals surface area contributed by atoms with Gasteiger partial charge in [-0.05, 0) is 37.1 Å². The fourth-order valence-electron chi connectivity index (χ4n) is 7.26. The Morgan fingerprint density at radius 2 is 1.79 bits per heavy atom. The smallest absolute Gasteiger partial charge is 0.338 e. The van der Waals surface area contributed by atoms with Crippen molar-refractivity contribution in [2.75, 3.05) is 6.61 Å². The first-order chi connectivity index (χ1) is 17.7. The van der Waals surface area contributed by atoms with E-state index < -0.39 is 76.3 Å². The van der Waals surface area contributed by atoms with Crippen LogP contribution < -0.4 is 0 Å². The van der Waals surface area contributed by atoms with Crippen molar-refractivity contribution >= 4 is 23.5 Å². The highest BCUT2D eigenvalue weighted by Crippen LogP contribution is 2.64. The number of Topliss-reactive ketones (excluding diaryl/α,β-unsaturated/α-hetero) is 2. The highest BCUT2D eigenvalue weighted by molar-refractivity contribution is 6.00. The molecule has 5 rings (SSSR count). The Labute approximate surface area is 220 Å². The third-order valence-corrected chi connectivity index (χ3v) is 9.73. The molecular formula is C29H33FO8. The van der Waals surface area contributed by atoms with Crippen LogP contribution in [0.2, 0.25) is 0 Å². The number of carbonyl (C=O) groups excluding carboxylic acids is 4. The summed E-state index contributed by atoms with van der Waals surface area (Å²) in [5, 5.41) is 12.5. The number of aliphatic hydroxyl groups is 1. The molecule has 8 nitrogen and oxygen atoms in total. The number of ketones is 2. The average molecular weight is 529 g/mol. The number of hydrogen-bond donors (Lipinski definition) is 1. The van der Waals surface area contributed by atoms with Crippen LogP contribution in [0.1, 0.15) is 64.2 Å². The first-order valence-electron chi connectivity index (χ1n) is 12.9. The summed E-state index contributed by atoms with van der Waals surface area (Å²) in [7, 11) is 0. The van der Waals surface area contributed by atoms with Gasteiger partial charge in [0.2, 0.25) is 0 Å². The summed E-state index contributed by atoms with van der Waals surface area (Å²) in [6.07, 6.45) is -5.12. The molecule has 3 aliphatic carbocycles. The number of benzene rings is 1. The average Bonchev–Trinajstić information content (AvgIpc) is 2.85. The zero-order chi connectivity index (χ0) is 27.8. The van der Waals surface area contributed by atoms with Crippen LogP contribution in [0.3, 0.4) is 0 Å². The van der Waals surface area contributed by atoms with Gasteiger partial charge in [0.1, 0.15) is 29.8 Å². The molecule has 0 spiro atoms. The maximum absolute atomic E-state index is 16.2. The van der Waals surface area contributed by atoms with Gasteiger partial charge in [-0.3, -0.25) is 14.4 Å². The molecule has 1 heterocycles. The summed E-state index contributed by atoms with van der Waals surface area (Å²) in [6, 6.07) is 8.07. The number of ether oxygens (including phenoxy) is 3. The van der Waals surface area contributed by atoms with Gasteiger partial charge >= 0.3 is 11.9 Å². The maximum Gasteiger partial charge on any atom is 0.338 e. The molecule has 0 aromatic heterocycles. The van der Waals surface area contributed by atoms with Gasteiger partial charge < -0.3 is 19.3 Å². The Balaban J connectivity index is 1.79. The topological polar surface area (TPSA) is 116 Å². The highest BCUT2D eigenvalue weighted by Gasteiger charge is 2.77. The summed E-state index contributed by atoms with van der Waals surface area (Å²) in [5.41, 5.74) is -5.70. The standard InChI is InChI=1S/C29H33FO8/c1-15-18-11-21(33)27(5)20(30)12-22-28(14-36-22,38-16(2)31)23(27)24(29(35,13-19(15)32)26(18,3)4)37-25(34)17-9-7-6-8-10-17/h6-10,20,22-24,35H,11-14H2,1-5H3/t20-,22-,23+,24+,27+,28+,29-/m1/s1. The Morgan fingerprint density at radius 1 is 1.13 bits per heavy atom. The quantitative estimate of drug-likeness (QED) is 0.595. The molecule has 2 saturated carbocycles. The first-order valence-corrected chi connectivity index (χ1v) is 12.9. The predicted molar refractivity (Wildman–Crippen MR) is 132 cm³/mol. The molecule has 0 radical (unpaired) electrons. The number of esters is 2. The molecule has 1 aliphatic heterocycles.